The Kier molecular flexibility index (Phi) is 7.77. The van der Waals surface area contributed by atoms with E-state index < -0.39 is 0 Å². The van der Waals surface area contributed by atoms with Gasteiger partial charge in [-0.3, -0.25) is 0 Å². The van der Waals surface area contributed by atoms with E-state index in [0.717, 1.165) is 23.7 Å². The summed E-state index contributed by atoms with van der Waals surface area (Å²) in [4.78, 5) is 2.63. The van der Waals surface area contributed by atoms with Crippen LogP contribution in [0.1, 0.15) is 93.2 Å². The molecule has 4 saturated carbocycles. The third-order valence-corrected chi connectivity index (χ3v) is 17.9. The first-order valence-electron chi connectivity index (χ1n) is 24.4. The molecular weight excluding hydrogens is 783 g/mol. The molecule has 1 spiro atoms. The van der Waals surface area contributed by atoms with E-state index >= 15 is 0 Å². The van der Waals surface area contributed by atoms with Crippen LogP contribution in [0.15, 0.2) is 176 Å². The zero-order valence-electron chi connectivity index (χ0n) is 38.0. The Morgan fingerprint density at radius 1 is 0.354 bits per heavy atom. The molecule has 8 aromatic rings. The third-order valence-electron chi connectivity index (χ3n) is 17.9. The third kappa shape index (κ3) is 4.94. The van der Waals surface area contributed by atoms with E-state index in [4.69, 9.17) is 0 Å². The average Bonchev–Trinajstić information content (AvgIpc) is 3.86. The number of anilines is 3. The number of rotatable bonds is 5. The zero-order valence-corrected chi connectivity index (χ0v) is 38.0. The molecule has 4 fully saturated rings. The zero-order chi connectivity index (χ0) is 43.4. The van der Waals surface area contributed by atoms with Crippen LogP contribution in [0.4, 0.5) is 17.1 Å². The lowest BCUT2D eigenvalue weighted by Gasteiger charge is -2.61. The number of benzene rings is 8. The fraction of sp³-hybridized carbons (Fsp3) is 0.250. The van der Waals surface area contributed by atoms with E-state index in [0.29, 0.717) is 0 Å². The average molecular weight is 838 g/mol. The van der Waals surface area contributed by atoms with Crippen LogP contribution in [0, 0.1) is 23.7 Å². The van der Waals surface area contributed by atoms with Crippen LogP contribution in [-0.2, 0) is 16.2 Å². The van der Waals surface area contributed by atoms with E-state index in [1.54, 1.807) is 11.1 Å². The van der Waals surface area contributed by atoms with Gasteiger partial charge in [-0.15, -0.1) is 0 Å². The Bertz CT molecular complexity index is 3280. The summed E-state index contributed by atoms with van der Waals surface area (Å²) >= 11 is 0. The summed E-state index contributed by atoms with van der Waals surface area (Å²) in [6.45, 7) is 9.63. The highest BCUT2D eigenvalue weighted by atomic mass is 15.1. The molecular formula is C64H55N. The smallest absolute Gasteiger partial charge is 0.0540 e. The standard InChI is InChI=1S/C64H55N/c1-62(2)54-26-11-7-21-51(54)60-48(22-16-28-57(60)62)46-19-8-13-29-58(46)65(59-30-14-9-20-47(59)50-24-15-23-49-44-17-5-10-25-53(44)63(3,4)61(49)50)43-31-32-56-52(38-43)45-18-6-12-27-55(45)64(56)41-34-39-33-40(36-41)37-42(64)35-39/h5-32,38-42H,33-37H2,1-4H3. The first-order valence-corrected chi connectivity index (χ1v) is 24.4. The van der Waals surface area contributed by atoms with Crippen molar-refractivity contribution in [2.24, 2.45) is 23.7 Å². The molecule has 1 heteroatoms. The molecule has 0 heterocycles. The second-order valence-electron chi connectivity index (χ2n) is 21.6. The lowest BCUT2D eigenvalue weighted by molar-refractivity contribution is -0.0399. The van der Waals surface area contributed by atoms with E-state index in [-0.39, 0.29) is 16.2 Å². The van der Waals surface area contributed by atoms with Crippen molar-refractivity contribution in [1.82, 2.24) is 0 Å². The van der Waals surface area contributed by atoms with Gasteiger partial charge in [-0.2, -0.15) is 0 Å². The van der Waals surface area contributed by atoms with Crippen LogP contribution >= 0.6 is 0 Å². The Balaban J connectivity index is 1.03. The fourth-order valence-electron chi connectivity index (χ4n) is 15.5. The monoisotopic (exact) mass is 837 g/mol. The summed E-state index contributed by atoms with van der Waals surface area (Å²) in [6, 6.07) is 68.0. The summed E-state index contributed by atoms with van der Waals surface area (Å²) in [6.07, 6.45) is 7.01. The highest BCUT2D eigenvalue weighted by molar-refractivity contribution is 6.01. The van der Waals surface area contributed by atoms with Crippen molar-refractivity contribution in [3.8, 4) is 55.6 Å². The molecule has 15 rings (SSSR count). The SMILES string of the molecule is CC1(C)c2ccccc2-c2c(-c3ccccc3N(c3ccc4c(c3)-c3ccccc3C43C4CC5CC(C4)CC3C5)c3ccccc3-c3cccc4c3C(C)(C)c3ccccc3-4)cccc21. The summed E-state index contributed by atoms with van der Waals surface area (Å²) in [5, 5.41) is 0. The minimum absolute atomic E-state index is 0.0947. The molecule has 4 bridgehead atoms. The van der Waals surface area contributed by atoms with Gasteiger partial charge < -0.3 is 4.90 Å². The van der Waals surface area contributed by atoms with Gasteiger partial charge in [0.1, 0.15) is 0 Å². The maximum Gasteiger partial charge on any atom is 0.0540 e. The van der Waals surface area contributed by atoms with Crippen LogP contribution in [0.5, 0.6) is 0 Å². The summed E-state index contributed by atoms with van der Waals surface area (Å²) in [5.74, 6) is 3.28. The minimum atomic E-state index is -0.159. The summed E-state index contributed by atoms with van der Waals surface area (Å²) in [7, 11) is 0. The molecule has 0 unspecified atom stereocenters. The van der Waals surface area contributed by atoms with Gasteiger partial charge in [0.15, 0.2) is 0 Å². The highest BCUT2D eigenvalue weighted by Crippen LogP contribution is 2.70. The Morgan fingerprint density at radius 2 is 0.800 bits per heavy atom. The molecule has 316 valence electrons. The number of hydrogen-bond donors (Lipinski definition) is 0. The fourth-order valence-corrected chi connectivity index (χ4v) is 15.5. The maximum absolute atomic E-state index is 2.63. The second kappa shape index (κ2) is 13.3. The van der Waals surface area contributed by atoms with Crippen LogP contribution in [0.25, 0.3) is 55.6 Å². The van der Waals surface area contributed by atoms with Gasteiger partial charge >= 0.3 is 0 Å². The summed E-state index contributed by atoms with van der Waals surface area (Å²) < 4.78 is 0. The van der Waals surface area contributed by atoms with E-state index in [1.165, 1.54) is 127 Å². The molecule has 0 N–H and O–H groups in total. The molecule has 0 saturated heterocycles. The molecule has 0 aromatic heterocycles. The Labute approximate surface area is 384 Å². The van der Waals surface area contributed by atoms with Gasteiger partial charge in [-0.25, -0.2) is 0 Å². The number of para-hydroxylation sites is 2. The van der Waals surface area contributed by atoms with E-state index in [2.05, 4.69) is 209 Å². The van der Waals surface area contributed by atoms with Gasteiger partial charge in [0.2, 0.25) is 0 Å². The van der Waals surface area contributed by atoms with Crippen molar-refractivity contribution in [2.75, 3.05) is 4.90 Å². The molecule has 0 atom stereocenters. The van der Waals surface area contributed by atoms with Crippen molar-refractivity contribution in [1.29, 1.82) is 0 Å². The maximum atomic E-state index is 2.63. The van der Waals surface area contributed by atoms with Gasteiger partial charge in [0, 0.05) is 33.1 Å². The summed E-state index contributed by atoms with van der Waals surface area (Å²) in [5.41, 5.74) is 25.7. The molecule has 1 nitrogen and oxygen atoms in total. The van der Waals surface area contributed by atoms with Crippen molar-refractivity contribution in [2.45, 2.75) is 76.0 Å². The van der Waals surface area contributed by atoms with Gasteiger partial charge in [-0.1, -0.05) is 179 Å². The second-order valence-corrected chi connectivity index (χ2v) is 21.6. The molecule has 7 aliphatic rings. The van der Waals surface area contributed by atoms with Gasteiger partial charge in [0.25, 0.3) is 0 Å². The number of hydrogen-bond acceptors (Lipinski definition) is 1. The predicted octanol–water partition coefficient (Wildman–Crippen LogP) is 16.8. The number of fused-ring (bicyclic) bond motifs is 9. The number of nitrogens with zero attached hydrogens (tertiary/aromatic N) is 1. The largest absolute Gasteiger partial charge is 0.309 e. The van der Waals surface area contributed by atoms with E-state index in [9.17, 15) is 0 Å². The lowest BCUT2D eigenvalue weighted by atomic mass is 9.43. The van der Waals surface area contributed by atoms with Crippen LogP contribution in [0.3, 0.4) is 0 Å². The molecule has 0 radical (unpaired) electrons. The molecule has 0 amide bonds. The Hall–Kier alpha value is -6.44. The minimum Gasteiger partial charge on any atom is -0.309 e. The van der Waals surface area contributed by atoms with Crippen LogP contribution in [0.2, 0.25) is 0 Å². The lowest BCUT2D eigenvalue weighted by Crippen LogP contribution is -2.55. The topological polar surface area (TPSA) is 3.24 Å². The molecule has 8 aromatic carbocycles. The quantitative estimate of drug-likeness (QED) is 0.167. The normalized spacial score (nSPS) is 23.7. The van der Waals surface area contributed by atoms with Gasteiger partial charge in [0.05, 0.1) is 11.4 Å². The Morgan fingerprint density at radius 3 is 1.46 bits per heavy atom. The van der Waals surface area contributed by atoms with Crippen LogP contribution in [-0.4, -0.2) is 0 Å². The molecule has 0 aliphatic heterocycles. The molecule has 65 heavy (non-hydrogen) atoms. The van der Waals surface area contributed by atoms with Crippen molar-refractivity contribution in [3.63, 3.8) is 0 Å². The van der Waals surface area contributed by atoms with Gasteiger partial charge in [-0.05, 0) is 158 Å². The highest BCUT2D eigenvalue weighted by Gasteiger charge is 2.61. The predicted molar refractivity (Wildman–Crippen MR) is 270 cm³/mol. The van der Waals surface area contributed by atoms with Crippen molar-refractivity contribution >= 4 is 17.1 Å². The van der Waals surface area contributed by atoms with Crippen LogP contribution < -0.4 is 4.90 Å². The van der Waals surface area contributed by atoms with E-state index in [1.807, 2.05) is 0 Å². The first kappa shape index (κ1) is 37.9. The van der Waals surface area contributed by atoms with Crippen molar-refractivity contribution < 1.29 is 0 Å². The first-order chi connectivity index (χ1) is 31.7. The molecule has 7 aliphatic carbocycles. The van der Waals surface area contributed by atoms with Crippen molar-refractivity contribution in [3.05, 3.63) is 209 Å².